The van der Waals surface area contributed by atoms with Crippen molar-refractivity contribution < 1.29 is 9.18 Å². The monoisotopic (exact) mass is 429 g/mol. The molecule has 0 radical (unpaired) electrons. The van der Waals surface area contributed by atoms with Gasteiger partial charge in [0.1, 0.15) is 5.82 Å². The SMILES string of the molecule is Nc1ncc(-c2ccc(F)cc2)c([C@@H]2CCCN(C(=O)Cc3c[nH]c4ccccc34)C2)n1. The molecule has 3 N–H and O–H groups in total. The molecule has 1 amide bonds. The summed E-state index contributed by atoms with van der Waals surface area (Å²) in [4.78, 5) is 27.0. The maximum Gasteiger partial charge on any atom is 0.227 e. The van der Waals surface area contributed by atoms with Gasteiger partial charge >= 0.3 is 0 Å². The molecule has 1 saturated heterocycles. The Morgan fingerprint density at radius 2 is 2.00 bits per heavy atom. The lowest BCUT2D eigenvalue weighted by Gasteiger charge is -2.33. The van der Waals surface area contributed by atoms with Crippen LogP contribution in [0.1, 0.15) is 30.0 Å². The number of halogens is 1. The average molecular weight is 429 g/mol. The number of nitrogens with one attached hydrogen (secondary N) is 1. The van der Waals surface area contributed by atoms with Gasteiger partial charge in [-0.05, 0) is 42.2 Å². The highest BCUT2D eigenvalue weighted by Gasteiger charge is 2.28. The molecule has 32 heavy (non-hydrogen) atoms. The summed E-state index contributed by atoms with van der Waals surface area (Å²) in [6, 6.07) is 14.3. The van der Waals surface area contributed by atoms with Crippen LogP contribution in [-0.2, 0) is 11.2 Å². The van der Waals surface area contributed by atoms with E-state index in [4.69, 9.17) is 5.73 Å². The third kappa shape index (κ3) is 3.93. The molecule has 7 heteroatoms. The van der Waals surface area contributed by atoms with Gasteiger partial charge < -0.3 is 15.6 Å². The highest BCUT2D eigenvalue weighted by Crippen LogP contribution is 2.33. The van der Waals surface area contributed by atoms with E-state index in [1.807, 2.05) is 35.4 Å². The Hall–Kier alpha value is -3.74. The Morgan fingerprint density at radius 1 is 1.19 bits per heavy atom. The number of H-pyrrole nitrogens is 1. The Labute approximate surface area is 185 Å². The van der Waals surface area contributed by atoms with Gasteiger partial charge in [-0.1, -0.05) is 30.3 Å². The predicted molar refractivity (Wildman–Crippen MR) is 122 cm³/mol. The third-order valence-corrected chi connectivity index (χ3v) is 6.17. The van der Waals surface area contributed by atoms with E-state index in [0.29, 0.717) is 13.0 Å². The average Bonchev–Trinajstić information content (AvgIpc) is 3.22. The first kappa shape index (κ1) is 20.2. The Morgan fingerprint density at radius 3 is 2.84 bits per heavy atom. The number of aromatic amines is 1. The molecule has 0 aliphatic carbocycles. The summed E-state index contributed by atoms with van der Waals surface area (Å²) < 4.78 is 13.4. The number of aromatic nitrogens is 3. The summed E-state index contributed by atoms with van der Waals surface area (Å²) in [5.41, 5.74) is 10.4. The molecular formula is C25H24FN5O. The summed E-state index contributed by atoms with van der Waals surface area (Å²) in [5, 5.41) is 1.08. The van der Waals surface area contributed by atoms with E-state index in [0.717, 1.165) is 52.7 Å². The van der Waals surface area contributed by atoms with Crippen LogP contribution in [0.2, 0.25) is 0 Å². The number of para-hydroxylation sites is 1. The van der Waals surface area contributed by atoms with Gasteiger partial charge in [-0.3, -0.25) is 4.79 Å². The van der Waals surface area contributed by atoms with E-state index in [-0.39, 0.29) is 23.6 Å². The number of hydrogen-bond donors (Lipinski definition) is 2. The molecular weight excluding hydrogens is 405 g/mol. The van der Waals surface area contributed by atoms with Crippen molar-refractivity contribution in [1.29, 1.82) is 0 Å². The fourth-order valence-electron chi connectivity index (χ4n) is 4.55. The van der Waals surface area contributed by atoms with E-state index in [2.05, 4.69) is 15.0 Å². The number of nitrogens with zero attached hydrogens (tertiary/aromatic N) is 3. The molecule has 1 atom stereocenters. The van der Waals surface area contributed by atoms with Gasteiger partial charge in [-0.25, -0.2) is 14.4 Å². The van der Waals surface area contributed by atoms with Crippen molar-refractivity contribution in [2.45, 2.75) is 25.2 Å². The van der Waals surface area contributed by atoms with E-state index in [9.17, 15) is 9.18 Å². The summed E-state index contributed by atoms with van der Waals surface area (Å²) in [5.74, 6) is 0.0531. The molecule has 3 heterocycles. The van der Waals surface area contributed by atoms with Gasteiger partial charge in [-0.15, -0.1) is 0 Å². The largest absolute Gasteiger partial charge is 0.368 e. The summed E-state index contributed by atoms with van der Waals surface area (Å²) >= 11 is 0. The van der Waals surface area contributed by atoms with Crippen LogP contribution in [-0.4, -0.2) is 38.8 Å². The first-order valence-corrected chi connectivity index (χ1v) is 10.8. The molecule has 162 valence electrons. The second-order valence-corrected chi connectivity index (χ2v) is 8.25. The minimum absolute atomic E-state index is 0.0426. The number of fused-ring (bicyclic) bond motifs is 1. The van der Waals surface area contributed by atoms with Gasteiger partial charge in [0.25, 0.3) is 0 Å². The lowest BCUT2D eigenvalue weighted by molar-refractivity contribution is -0.131. The van der Waals surface area contributed by atoms with E-state index < -0.39 is 0 Å². The third-order valence-electron chi connectivity index (χ3n) is 6.17. The zero-order chi connectivity index (χ0) is 22.1. The number of likely N-dealkylation sites (tertiary alicyclic amines) is 1. The topological polar surface area (TPSA) is 87.9 Å². The van der Waals surface area contributed by atoms with E-state index in [1.54, 1.807) is 18.3 Å². The first-order valence-electron chi connectivity index (χ1n) is 10.8. The molecule has 2 aromatic heterocycles. The lowest BCUT2D eigenvalue weighted by Crippen LogP contribution is -2.40. The van der Waals surface area contributed by atoms with Crippen molar-refractivity contribution in [2.75, 3.05) is 18.8 Å². The van der Waals surface area contributed by atoms with Gasteiger partial charge in [0.05, 0.1) is 12.1 Å². The molecule has 0 unspecified atom stereocenters. The maximum atomic E-state index is 13.4. The van der Waals surface area contributed by atoms with Crippen LogP contribution in [0, 0.1) is 5.82 Å². The summed E-state index contributed by atoms with van der Waals surface area (Å²) in [7, 11) is 0. The molecule has 1 fully saturated rings. The molecule has 1 aliphatic heterocycles. The number of carbonyl (C=O) groups is 1. The van der Waals surface area contributed by atoms with Crippen LogP contribution < -0.4 is 5.73 Å². The van der Waals surface area contributed by atoms with Crippen LogP contribution in [0.5, 0.6) is 0 Å². The van der Waals surface area contributed by atoms with Gasteiger partial charge in [-0.2, -0.15) is 0 Å². The number of rotatable bonds is 4. The number of benzene rings is 2. The van der Waals surface area contributed by atoms with Gasteiger partial charge in [0.2, 0.25) is 11.9 Å². The van der Waals surface area contributed by atoms with E-state index in [1.165, 1.54) is 12.1 Å². The van der Waals surface area contributed by atoms with Crippen molar-refractivity contribution in [3.63, 3.8) is 0 Å². The van der Waals surface area contributed by atoms with Crippen LogP contribution in [0.4, 0.5) is 10.3 Å². The smallest absolute Gasteiger partial charge is 0.227 e. The van der Waals surface area contributed by atoms with Crippen molar-refractivity contribution >= 4 is 22.8 Å². The zero-order valence-corrected chi connectivity index (χ0v) is 17.6. The van der Waals surface area contributed by atoms with Gasteiger partial charge in [0, 0.05) is 47.9 Å². The van der Waals surface area contributed by atoms with Gasteiger partial charge in [0.15, 0.2) is 0 Å². The van der Waals surface area contributed by atoms with Crippen LogP contribution in [0.3, 0.4) is 0 Å². The number of nitrogen functional groups attached to an aromatic ring is 1. The number of anilines is 1. The highest BCUT2D eigenvalue weighted by molar-refractivity contribution is 5.89. The second-order valence-electron chi connectivity index (χ2n) is 8.25. The second kappa shape index (κ2) is 8.42. The number of piperidine rings is 1. The summed E-state index contributed by atoms with van der Waals surface area (Å²) in [6.45, 7) is 1.30. The van der Waals surface area contributed by atoms with Crippen molar-refractivity contribution in [3.05, 3.63) is 78.0 Å². The van der Waals surface area contributed by atoms with Crippen molar-refractivity contribution in [3.8, 4) is 11.1 Å². The molecule has 0 bridgehead atoms. The molecule has 1 aliphatic rings. The molecule has 6 nitrogen and oxygen atoms in total. The number of nitrogens with two attached hydrogens (primary N) is 1. The minimum atomic E-state index is -0.293. The standard InChI is InChI=1S/C25H24FN5O/c26-19-9-7-16(8-10-19)21-14-29-25(27)30-24(21)17-4-3-11-31(15-17)23(32)12-18-13-28-22-6-2-1-5-20(18)22/h1-2,5-10,13-14,17,28H,3-4,11-12,15H2,(H2,27,29,30)/t17-/m1/s1. The van der Waals surface area contributed by atoms with Crippen molar-refractivity contribution in [2.24, 2.45) is 0 Å². The fraction of sp³-hybridized carbons (Fsp3) is 0.240. The fourth-order valence-corrected chi connectivity index (χ4v) is 4.55. The molecule has 0 spiro atoms. The van der Waals surface area contributed by atoms with Crippen LogP contribution in [0.15, 0.2) is 60.9 Å². The van der Waals surface area contributed by atoms with Crippen LogP contribution >= 0.6 is 0 Å². The first-order chi connectivity index (χ1) is 15.6. The van der Waals surface area contributed by atoms with E-state index >= 15 is 0 Å². The van der Waals surface area contributed by atoms with Crippen molar-refractivity contribution in [1.82, 2.24) is 19.9 Å². The minimum Gasteiger partial charge on any atom is -0.368 e. The number of amides is 1. The lowest BCUT2D eigenvalue weighted by atomic mass is 9.89. The number of carbonyl (C=O) groups excluding carboxylic acids is 1. The predicted octanol–water partition coefficient (Wildman–Crippen LogP) is 4.29. The summed E-state index contributed by atoms with van der Waals surface area (Å²) in [6.07, 6.45) is 5.76. The molecule has 0 saturated carbocycles. The highest BCUT2D eigenvalue weighted by atomic mass is 19.1. The Kier molecular flexibility index (Phi) is 5.31. The normalized spacial score (nSPS) is 16.4. The Balaban J connectivity index is 1.38. The quantitative estimate of drug-likeness (QED) is 0.506. The Bertz CT molecular complexity index is 1270. The maximum absolute atomic E-state index is 13.4. The zero-order valence-electron chi connectivity index (χ0n) is 17.6. The molecule has 4 aromatic rings. The van der Waals surface area contributed by atoms with Crippen LogP contribution in [0.25, 0.3) is 22.0 Å². The molecule has 2 aromatic carbocycles. The number of hydrogen-bond acceptors (Lipinski definition) is 4. The molecule has 5 rings (SSSR count).